The average Bonchev–Trinajstić information content (AvgIpc) is 2.85. The lowest BCUT2D eigenvalue weighted by molar-refractivity contribution is -0.159. The standard InChI is InChI=1S/C21H27N3O5S.C2H2O4/c1-16(25)22-18-5-8-20(9-6-18)30(26,27)24-12-10-23(11-13-24)15-17-4-7-19(28-2)14-21(17)29-3;3-1(4)2(5)6/h4-9,14H,10-13,15H2,1-3H3,(H,22,25);(H,3,4)(H,5,6). The zero-order valence-electron chi connectivity index (χ0n) is 20.1. The van der Waals surface area contributed by atoms with Crippen molar-refractivity contribution in [3.8, 4) is 11.5 Å². The maximum Gasteiger partial charge on any atom is 0.414 e. The molecular weight excluding hydrogens is 494 g/mol. The largest absolute Gasteiger partial charge is 0.497 e. The summed E-state index contributed by atoms with van der Waals surface area (Å²) in [6.07, 6.45) is 0. The molecule has 1 amide bonds. The van der Waals surface area contributed by atoms with Crippen molar-refractivity contribution in [3.05, 3.63) is 48.0 Å². The Kier molecular flexibility index (Phi) is 10.2. The monoisotopic (exact) mass is 523 g/mol. The van der Waals surface area contributed by atoms with Gasteiger partial charge < -0.3 is 25.0 Å². The third-order valence-electron chi connectivity index (χ3n) is 5.21. The first kappa shape index (κ1) is 28.6. The number of hydrogen-bond acceptors (Lipinski definition) is 8. The molecular formula is C23H29N3O9S. The molecule has 0 atom stereocenters. The number of carboxylic acid groups (broad SMARTS) is 2. The third kappa shape index (κ3) is 7.93. The van der Waals surface area contributed by atoms with Crippen LogP contribution in [0.5, 0.6) is 11.5 Å². The number of nitrogens with zero attached hydrogens (tertiary/aromatic N) is 2. The molecule has 0 radical (unpaired) electrons. The highest BCUT2D eigenvalue weighted by Gasteiger charge is 2.28. The van der Waals surface area contributed by atoms with E-state index in [1.54, 1.807) is 26.4 Å². The molecule has 1 aliphatic rings. The van der Waals surface area contributed by atoms with Gasteiger partial charge >= 0.3 is 11.9 Å². The van der Waals surface area contributed by atoms with Crippen molar-refractivity contribution in [2.75, 3.05) is 45.7 Å². The number of sulfonamides is 1. The van der Waals surface area contributed by atoms with E-state index < -0.39 is 22.0 Å². The van der Waals surface area contributed by atoms with Crippen molar-refractivity contribution in [1.29, 1.82) is 0 Å². The summed E-state index contributed by atoms with van der Waals surface area (Å²) in [6, 6.07) is 12.0. The molecule has 0 aromatic heterocycles. The van der Waals surface area contributed by atoms with Crippen molar-refractivity contribution >= 4 is 33.6 Å². The van der Waals surface area contributed by atoms with Crippen molar-refractivity contribution in [1.82, 2.24) is 9.21 Å². The Morgan fingerprint density at radius 1 is 0.917 bits per heavy atom. The summed E-state index contributed by atoms with van der Waals surface area (Å²) < 4.78 is 38.1. The zero-order chi connectivity index (χ0) is 26.9. The third-order valence-corrected chi connectivity index (χ3v) is 7.13. The second kappa shape index (κ2) is 12.9. The van der Waals surface area contributed by atoms with E-state index in [9.17, 15) is 13.2 Å². The number of anilines is 1. The Morgan fingerprint density at radius 2 is 1.50 bits per heavy atom. The molecule has 3 N–H and O–H groups in total. The number of piperazine rings is 1. The number of ether oxygens (including phenoxy) is 2. The zero-order valence-corrected chi connectivity index (χ0v) is 20.9. The lowest BCUT2D eigenvalue weighted by atomic mass is 10.1. The van der Waals surface area contributed by atoms with E-state index in [1.807, 2.05) is 18.2 Å². The number of aliphatic carboxylic acids is 2. The fraction of sp³-hybridized carbons (Fsp3) is 0.348. The number of rotatable bonds is 7. The molecule has 196 valence electrons. The summed E-state index contributed by atoms with van der Waals surface area (Å²) >= 11 is 0. The van der Waals surface area contributed by atoms with E-state index in [2.05, 4.69) is 10.2 Å². The predicted molar refractivity (Wildman–Crippen MR) is 130 cm³/mol. The van der Waals surface area contributed by atoms with Crippen LogP contribution in [0.15, 0.2) is 47.4 Å². The van der Waals surface area contributed by atoms with Gasteiger partial charge in [-0.15, -0.1) is 0 Å². The second-order valence-electron chi connectivity index (χ2n) is 7.67. The van der Waals surface area contributed by atoms with Gasteiger partial charge in [-0.2, -0.15) is 4.31 Å². The van der Waals surface area contributed by atoms with E-state index >= 15 is 0 Å². The molecule has 1 fully saturated rings. The van der Waals surface area contributed by atoms with Crippen LogP contribution in [0.25, 0.3) is 0 Å². The number of benzene rings is 2. The molecule has 1 aliphatic heterocycles. The van der Waals surface area contributed by atoms with Crippen LogP contribution in [0.2, 0.25) is 0 Å². The van der Waals surface area contributed by atoms with Gasteiger partial charge in [0.25, 0.3) is 0 Å². The van der Waals surface area contributed by atoms with Gasteiger partial charge in [-0.1, -0.05) is 6.07 Å². The number of hydrogen-bond donors (Lipinski definition) is 3. The van der Waals surface area contributed by atoms with E-state index in [4.69, 9.17) is 29.3 Å². The smallest absolute Gasteiger partial charge is 0.414 e. The van der Waals surface area contributed by atoms with E-state index in [-0.39, 0.29) is 10.8 Å². The van der Waals surface area contributed by atoms with Gasteiger partial charge in [0.2, 0.25) is 15.9 Å². The molecule has 1 heterocycles. The highest BCUT2D eigenvalue weighted by atomic mass is 32.2. The Hall–Kier alpha value is -3.68. The SMILES string of the molecule is COc1ccc(CN2CCN(S(=O)(=O)c3ccc(NC(C)=O)cc3)CC2)c(OC)c1.O=C(O)C(=O)O. The maximum absolute atomic E-state index is 12.9. The maximum atomic E-state index is 12.9. The van der Waals surface area contributed by atoms with E-state index in [1.165, 1.54) is 23.4 Å². The summed E-state index contributed by atoms with van der Waals surface area (Å²) in [4.78, 5) is 31.7. The fourth-order valence-electron chi connectivity index (χ4n) is 3.41. The molecule has 0 bridgehead atoms. The number of carboxylic acids is 2. The first-order chi connectivity index (χ1) is 17.0. The Balaban J connectivity index is 0.000000678. The quantitative estimate of drug-likeness (QED) is 0.451. The van der Waals surface area contributed by atoms with Crippen molar-refractivity contribution < 1.29 is 42.5 Å². The number of nitrogens with one attached hydrogen (secondary N) is 1. The molecule has 0 unspecified atom stereocenters. The Bertz CT molecular complexity index is 1160. The van der Waals surface area contributed by atoms with Crippen LogP contribution in [0.1, 0.15) is 12.5 Å². The Morgan fingerprint density at radius 3 is 1.97 bits per heavy atom. The summed E-state index contributed by atoms with van der Waals surface area (Å²) in [7, 11) is -0.335. The topological polar surface area (TPSA) is 163 Å². The number of amides is 1. The van der Waals surface area contributed by atoms with Crippen LogP contribution < -0.4 is 14.8 Å². The van der Waals surface area contributed by atoms with Crippen LogP contribution >= 0.6 is 0 Å². The lowest BCUT2D eigenvalue weighted by Gasteiger charge is -2.34. The van der Waals surface area contributed by atoms with Crippen molar-refractivity contribution in [2.45, 2.75) is 18.4 Å². The molecule has 2 aromatic carbocycles. The number of carbonyl (C=O) groups excluding carboxylic acids is 1. The molecule has 0 spiro atoms. The van der Waals surface area contributed by atoms with Crippen LogP contribution in [-0.4, -0.2) is 86.1 Å². The predicted octanol–water partition coefficient (Wildman–Crippen LogP) is 1.32. The van der Waals surface area contributed by atoms with Gasteiger partial charge in [0.1, 0.15) is 11.5 Å². The first-order valence-corrected chi connectivity index (χ1v) is 12.2. The summed E-state index contributed by atoms with van der Waals surface area (Å²) in [5, 5.41) is 17.4. The highest BCUT2D eigenvalue weighted by Crippen LogP contribution is 2.27. The normalized spacial score (nSPS) is 14.2. The van der Waals surface area contributed by atoms with Gasteiger partial charge in [-0.05, 0) is 30.3 Å². The first-order valence-electron chi connectivity index (χ1n) is 10.7. The molecule has 0 saturated carbocycles. The minimum atomic E-state index is -3.57. The summed E-state index contributed by atoms with van der Waals surface area (Å²) in [5.41, 5.74) is 1.60. The van der Waals surface area contributed by atoms with Gasteiger partial charge in [-0.25, -0.2) is 18.0 Å². The minimum absolute atomic E-state index is 0.199. The van der Waals surface area contributed by atoms with Crippen LogP contribution in [0.4, 0.5) is 5.69 Å². The minimum Gasteiger partial charge on any atom is -0.497 e. The van der Waals surface area contributed by atoms with E-state index in [0.29, 0.717) is 38.4 Å². The molecule has 36 heavy (non-hydrogen) atoms. The van der Waals surface area contributed by atoms with Gasteiger partial charge in [0.15, 0.2) is 0 Å². The molecule has 2 aromatic rings. The summed E-state index contributed by atoms with van der Waals surface area (Å²) in [6.45, 7) is 4.15. The molecule has 12 nitrogen and oxygen atoms in total. The van der Waals surface area contributed by atoms with E-state index in [0.717, 1.165) is 17.1 Å². The van der Waals surface area contributed by atoms with Crippen molar-refractivity contribution in [3.63, 3.8) is 0 Å². The Labute approximate surface area is 209 Å². The van der Waals surface area contributed by atoms with Crippen LogP contribution in [0.3, 0.4) is 0 Å². The molecule has 1 saturated heterocycles. The average molecular weight is 524 g/mol. The summed E-state index contributed by atoms with van der Waals surface area (Å²) in [5.74, 6) is -2.36. The fourth-order valence-corrected chi connectivity index (χ4v) is 4.84. The second-order valence-corrected chi connectivity index (χ2v) is 9.61. The van der Waals surface area contributed by atoms with Gasteiger partial charge in [0, 0.05) is 57.0 Å². The molecule has 3 rings (SSSR count). The van der Waals surface area contributed by atoms with Gasteiger partial charge in [-0.3, -0.25) is 9.69 Å². The number of methoxy groups -OCH3 is 2. The highest BCUT2D eigenvalue weighted by molar-refractivity contribution is 7.89. The van der Waals surface area contributed by atoms with Crippen molar-refractivity contribution in [2.24, 2.45) is 0 Å². The van der Waals surface area contributed by atoms with Crippen LogP contribution in [-0.2, 0) is 31.0 Å². The molecule has 0 aliphatic carbocycles. The van der Waals surface area contributed by atoms with Crippen LogP contribution in [0, 0.1) is 0 Å². The van der Waals surface area contributed by atoms with Gasteiger partial charge in [0.05, 0.1) is 19.1 Å². The molecule has 13 heteroatoms. The number of carbonyl (C=O) groups is 3. The lowest BCUT2D eigenvalue weighted by Crippen LogP contribution is -2.48.